The first kappa shape index (κ1) is 19.8. The molecule has 0 radical (unpaired) electrons. The molecule has 1 fully saturated rings. The normalized spacial score (nSPS) is 16.6. The molecule has 2 atom stereocenters. The Bertz CT molecular complexity index is 933. The number of morpholine rings is 1. The van der Waals surface area contributed by atoms with Gasteiger partial charge in [0.15, 0.2) is 6.04 Å². The standard InChI is InChI=1S/C22H26N4O2S/c1-16(25(2)15-21-24-19-5-3-4-6-20(19)29-21)22(27)23-17-7-9-18(10-8-17)26-11-13-28-14-12-26/h3-10,16H,11-15H2,1-2H3,(H,23,27)/p+1/t16-/m0/s1. The van der Waals surface area contributed by atoms with Gasteiger partial charge in [-0.3, -0.25) is 4.79 Å². The van der Waals surface area contributed by atoms with Gasteiger partial charge in [-0.1, -0.05) is 12.1 Å². The number of hydrogen-bond acceptors (Lipinski definition) is 5. The van der Waals surface area contributed by atoms with Gasteiger partial charge in [0, 0.05) is 24.5 Å². The predicted octanol–water partition coefficient (Wildman–Crippen LogP) is 2.17. The average molecular weight is 412 g/mol. The molecule has 7 heteroatoms. The zero-order valence-corrected chi connectivity index (χ0v) is 17.7. The van der Waals surface area contributed by atoms with Gasteiger partial charge in [-0.15, -0.1) is 11.3 Å². The minimum atomic E-state index is -0.180. The lowest BCUT2D eigenvalue weighted by Crippen LogP contribution is -3.12. The van der Waals surface area contributed by atoms with Crippen molar-refractivity contribution in [3.8, 4) is 0 Å². The number of likely N-dealkylation sites (N-methyl/N-ethyl adjacent to an activating group) is 1. The van der Waals surface area contributed by atoms with Gasteiger partial charge in [-0.05, 0) is 43.3 Å². The summed E-state index contributed by atoms with van der Waals surface area (Å²) in [5.41, 5.74) is 3.02. The number of benzene rings is 2. The summed E-state index contributed by atoms with van der Waals surface area (Å²) in [6, 6.07) is 16.0. The molecule has 4 rings (SSSR count). The maximum Gasteiger partial charge on any atom is 0.282 e. The number of ether oxygens (including phenoxy) is 1. The summed E-state index contributed by atoms with van der Waals surface area (Å²) in [6.07, 6.45) is 0. The van der Waals surface area contributed by atoms with Crippen molar-refractivity contribution in [2.24, 2.45) is 0 Å². The molecule has 2 heterocycles. The number of para-hydroxylation sites is 1. The molecule has 2 aromatic carbocycles. The van der Waals surface area contributed by atoms with Gasteiger partial charge in [0.25, 0.3) is 5.91 Å². The first-order chi connectivity index (χ1) is 14.1. The van der Waals surface area contributed by atoms with Gasteiger partial charge >= 0.3 is 0 Å². The molecule has 1 aliphatic heterocycles. The Labute approximate surface area is 175 Å². The number of aromatic nitrogens is 1. The van der Waals surface area contributed by atoms with Crippen LogP contribution >= 0.6 is 11.3 Å². The second-order valence-corrected chi connectivity index (χ2v) is 8.57. The highest BCUT2D eigenvalue weighted by molar-refractivity contribution is 7.18. The van der Waals surface area contributed by atoms with Crippen molar-refractivity contribution in [1.82, 2.24) is 4.98 Å². The molecule has 2 N–H and O–H groups in total. The minimum Gasteiger partial charge on any atom is -0.378 e. The second-order valence-electron chi connectivity index (χ2n) is 7.46. The Hall–Kier alpha value is -2.48. The van der Waals surface area contributed by atoms with E-state index >= 15 is 0 Å². The number of nitrogens with one attached hydrogen (secondary N) is 2. The number of amides is 1. The van der Waals surface area contributed by atoms with E-state index in [1.165, 1.54) is 4.70 Å². The van der Waals surface area contributed by atoms with Gasteiger partial charge in [-0.25, -0.2) is 4.98 Å². The Morgan fingerprint density at radius 3 is 2.66 bits per heavy atom. The number of carbonyl (C=O) groups excluding carboxylic acids is 1. The average Bonchev–Trinajstić information content (AvgIpc) is 3.16. The van der Waals surface area contributed by atoms with Crippen LogP contribution < -0.4 is 15.1 Å². The number of rotatable bonds is 6. The zero-order valence-electron chi connectivity index (χ0n) is 16.9. The number of thiazole rings is 1. The molecule has 6 nitrogen and oxygen atoms in total. The third kappa shape index (κ3) is 4.75. The van der Waals surface area contributed by atoms with E-state index in [9.17, 15) is 4.79 Å². The van der Waals surface area contributed by atoms with Crippen LogP contribution in [0.15, 0.2) is 48.5 Å². The van der Waals surface area contributed by atoms with E-state index < -0.39 is 0 Å². The van der Waals surface area contributed by atoms with Gasteiger partial charge in [0.05, 0.1) is 30.5 Å². The molecule has 3 aromatic rings. The largest absolute Gasteiger partial charge is 0.378 e. The zero-order chi connectivity index (χ0) is 20.2. The van der Waals surface area contributed by atoms with Crippen molar-refractivity contribution in [2.75, 3.05) is 43.6 Å². The summed E-state index contributed by atoms with van der Waals surface area (Å²) in [5, 5.41) is 4.10. The summed E-state index contributed by atoms with van der Waals surface area (Å²) in [5.74, 6) is 0.0164. The van der Waals surface area contributed by atoms with Crippen molar-refractivity contribution in [3.05, 3.63) is 53.5 Å². The Balaban J connectivity index is 1.34. The molecule has 1 aliphatic rings. The van der Waals surface area contributed by atoms with E-state index in [4.69, 9.17) is 4.74 Å². The molecule has 0 spiro atoms. The summed E-state index contributed by atoms with van der Waals surface area (Å²) in [4.78, 5) is 20.8. The van der Waals surface area contributed by atoms with E-state index in [0.29, 0.717) is 0 Å². The maximum absolute atomic E-state index is 12.7. The van der Waals surface area contributed by atoms with Crippen molar-refractivity contribution >= 4 is 38.8 Å². The molecule has 1 aromatic heterocycles. The van der Waals surface area contributed by atoms with Gasteiger partial charge in [0.1, 0.15) is 11.6 Å². The van der Waals surface area contributed by atoms with Crippen LogP contribution in [0.3, 0.4) is 0 Å². The topological polar surface area (TPSA) is 58.9 Å². The van der Waals surface area contributed by atoms with Crippen molar-refractivity contribution in [2.45, 2.75) is 19.5 Å². The molecular weight excluding hydrogens is 384 g/mol. The van der Waals surface area contributed by atoms with Crippen LogP contribution in [0.1, 0.15) is 11.9 Å². The summed E-state index contributed by atoms with van der Waals surface area (Å²) >= 11 is 1.70. The lowest BCUT2D eigenvalue weighted by Gasteiger charge is -2.29. The van der Waals surface area contributed by atoms with Crippen molar-refractivity contribution in [3.63, 3.8) is 0 Å². The number of nitrogens with zero attached hydrogens (tertiary/aromatic N) is 2. The minimum absolute atomic E-state index is 0.0164. The fourth-order valence-corrected chi connectivity index (χ4v) is 4.50. The fourth-order valence-electron chi connectivity index (χ4n) is 3.44. The SMILES string of the molecule is C[C@@H](C(=O)Nc1ccc(N2CCOCC2)cc1)[NH+](C)Cc1nc2ccccc2s1. The van der Waals surface area contributed by atoms with Crippen LogP contribution in [-0.4, -0.2) is 50.3 Å². The summed E-state index contributed by atoms with van der Waals surface area (Å²) in [7, 11) is 2.04. The van der Waals surface area contributed by atoms with E-state index in [1.807, 2.05) is 44.3 Å². The van der Waals surface area contributed by atoms with Crippen LogP contribution in [0.5, 0.6) is 0 Å². The molecule has 152 valence electrons. The van der Waals surface area contributed by atoms with E-state index in [1.54, 1.807) is 11.3 Å². The van der Waals surface area contributed by atoms with Crippen molar-refractivity contribution in [1.29, 1.82) is 0 Å². The monoisotopic (exact) mass is 411 g/mol. The lowest BCUT2D eigenvalue weighted by atomic mass is 10.2. The second kappa shape index (κ2) is 8.90. The first-order valence-electron chi connectivity index (χ1n) is 10.0. The van der Waals surface area contributed by atoms with Gasteiger partial charge < -0.3 is 19.9 Å². The molecule has 29 heavy (non-hydrogen) atoms. The van der Waals surface area contributed by atoms with Crippen LogP contribution in [-0.2, 0) is 16.1 Å². The third-order valence-corrected chi connectivity index (χ3v) is 6.45. The molecule has 0 aliphatic carbocycles. The number of anilines is 2. The van der Waals surface area contributed by atoms with E-state index in [2.05, 4.69) is 33.4 Å². The smallest absolute Gasteiger partial charge is 0.282 e. The highest BCUT2D eigenvalue weighted by Gasteiger charge is 2.23. The maximum atomic E-state index is 12.7. The number of quaternary nitrogens is 1. The quantitative estimate of drug-likeness (QED) is 0.653. The highest BCUT2D eigenvalue weighted by atomic mass is 32.1. The first-order valence-corrected chi connectivity index (χ1v) is 10.8. The van der Waals surface area contributed by atoms with Crippen LogP contribution in [0.25, 0.3) is 10.2 Å². The van der Waals surface area contributed by atoms with E-state index in [0.717, 1.165) is 59.6 Å². The van der Waals surface area contributed by atoms with Crippen molar-refractivity contribution < 1.29 is 14.4 Å². The van der Waals surface area contributed by atoms with Gasteiger partial charge in [-0.2, -0.15) is 0 Å². The Kier molecular flexibility index (Phi) is 6.08. The number of carbonyl (C=O) groups is 1. The van der Waals surface area contributed by atoms with Crippen LogP contribution in [0.4, 0.5) is 11.4 Å². The fraction of sp³-hybridized carbons (Fsp3) is 0.364. The highest BCUT2D eigenvalue weighted by Crippen LogP contribution is 2.21. The van der Waals surface area contributed by atoms with Gasteiger partial charge in [0.2, 0.25) is 0 Å². The summed E-state index contributed by atoms with van der Waals surface area (Å²) < 4.78 is 6.59. The molecule has 1 unspecified atom stereocenters. The number of hydrogen-bond donors (Lipinski definition) is 2. The predicted molar refractivity (Wildman–Crippen MR) is 118 cm³/mol. The molecular formula is C22H27N4O2S+. The third-order valence-electron chi connectivity index (χ3n) is 5.41. The lowest BCUT2D eigenvalue weighted by molar-refractivity contribution is -0.907. The van der Waals surface area contributed by atoms with E-state index in [-0.39, 0.29) is 11.9 Å². The molecule has 0 bridgehead atoms. The molecule has 1 amide bonds. The van der Waals surface area contributed by atoms with Crippen LogP contribution in [0.2, 0.25) is 0 Å². The molecule has 1 saturated heterocycles. The molecule has 0 saturated carbocycles. The number of fused-ring (bicyclic) bond motifs is 1. The Morgan fingerprint density at radius 1 is 1.21 bits per heavy atom. The summed E-state index contributed by atoms with van der Waals surface area (Å²) in [6.45, 7) is 6.02. The Morgan fingerprint density at radius 2 is 1.93 bits per heavy atom. The van der Waals surface area contributed by atoms with Crippen LogP contribution in [0, 0.1) is 0 Å².